The predicted molar refractivity (Wildman–Crippen MR) is 92.1 cm³/mol. The highest BCUT2D eigenvalue weighted by atomic mass is 16.5. The average Bonchev–Trinajstić information content (AvgIpc) is 2.85. The van der Waals surface area contributed by atoms with Gasteiger partial charge in [-0.2, -0.15) is 5.10 Å². The molecule has 0 saturated heterocycles. The van der Waals surface area contributed by atoms with Crippen molar-refractivity contribution in [3.05, 3.63) is 30.0 Å². The molecule has 23 heavy (non-hydrogen) atoms. The second kappa shape index (κ2) is 7.17. The first-order valence-electron chi connectivity index (χ1n) is 7.73. The van der Waals surface area contributed by atoms with Gasteiger partial charge in [0.15, 0.2) is 0 Å². The van der Waals surface area contributed by atoms with E-state index in [1.165, 1.54) is 0 Å². The van der Waals surface area contributed by atoms with E-state index in [1.807, 2.05) is 49.8 Å². The molecular formula is C17H24N4O2. The lowest BCUT2D eigenvalue weighted by atomic mass is 10.1. The molecule has 0 aliphatic carbocycles. The van der Waals surface area contributed by atoms with Crippen LogP contribution < -0.4 is 11.1 Å². The van der Waals surface area contributed by atoms with Crippen molar-refractivity contribution in [3.8, 4) is 11.3 Å². The average molecular weight is 316 g/mol. The van der Waals surface area contributed by atoms with Crippen LogP contribution in [0.5, 0.6) is 0 Å². The summed E-state index contributed by atoms with van der Waals surface area (Å²) in [6, 6.07) is 7.82. The van der Waals surface area contributed by atoms with Gasteiger partial charge in [-0.15, -0.1) is 0 Å². The summed E-state index contributed by atoms with van der Waals surface area (Å²) in [4.78, 5) is 11.7. The highest BCUT2D eigenvalue weighted by molar-refractivity contribution is 5.76. The van der Waals surface area contributed by atoms with E-state index in [2.05, 4.69) is 10.4 Å². The van der Waals surface area contributed by atoms with Gasteiger partial charge in [0, 0.05) is 19.2 Å². The highest BCUT2D eigenvalue weighted by Crippen LogP contribution is 2.27. The number of ether oxygens (including phenoxy) is 1. The van der Waals surface area contributed by atoms with Gasteiger partial charge in [-0.05, 0) is 32.0 Å². The van der Waals surface area contributed by atoms with E-state index >= 15 is 0 Å². The third kappa shape index (κ3) is 4.03. The smallest absolute Gasteiger partial charge is 0.310 e. The van der Waals surface area contributed by atoms with Crippen LogP contribution in [0.4, 0.5) is 11.4 Å². The minimum absolute atomic E-state index is 0.211. The number of hydrogen-bond acceptors (Lipinski definition) is 5. The van der Waals surface area contributed by atoms with Crippen LogP contribution in [0.15, 0.2) is 24.3 Å². The molecule has 1 aromatic heterocycles. The summed E-state index contributed by atoms with van der Waals surface area (Å²) in [6.45, 7) is 6.45. The Balaban J connectivity index is 2.15. The number of nitrogens with one attached hydrogen (secondary N) is 1. The van der Waals surface area contributed by atoms with Gasteiger partial charge in [0.25, 0.3) is 0 Å². The molecule has 3 N–H and O–H groups in total. The van der Waals surface area contributed by atoms with Gasteiger partial charge in [-0.25, -0.2) is 0 Å². The number of anilines is 2. The number of nitrogen functional groups attached to an aromatic ring is 1. The van der Waals surface area contributed by atoms with Crippen LogP contribution in [-0.2, 0) is 16.6 Å². The van der Waals surface area contributed by atoms with Gasteiger partial charge in [0.1, 0.15) is 0 Å². The molecule has 0 aliphatic heterocycles. The molecule has 0 radical (unpaired) electrons. The number of hydrogen-bond donors (Lipinski definition) is 2. The summed E-state index contributed by atoms with van der Waals surface area (Å²) in [7, 11) is 1.91. The Hall–Kier alpha value is -2.50. The molecular weight excluding hydrogens is 292 g/mol. The Bertz CT molecular complexity index is 694. The quantitative estimate of drug-likeness (QED) is 0.632. The zero-order valence-electron chi connectivity index (χ0n) is 14.1. The second-order valence-corrected chi connectivity index (χ2v) is 5.63. The van der Waals surface area contributed by atoms with E-state index in [0.29, 0.717) is 18.8 Å². The van der Waals surface area contributed by atoms with Crippen LogP contribution in [0.2, 0.25) is 0 Å². The van der Waals surface area contributed by atoms with E-state index in [1.54, 1.807) is 6.92 Å². The number of aromatic nitrogens is 2. The van der Waals surface area contributed by atoms with Gasteiger partial charge < -0.3 is 15.8 Å². The molecule has 0 fully saturated rings. The standard InChI is InChI=1S/C17H24N4O2/c1-5-23-17(22)11(2)10-19-15-9-13(6-7-14(15)18)16-8-12(3)20-21(16)4/h6-9,11,19H,5,10,18H2,1-4H3. The van der Waals surface area contributed by atoms with Crippen molar-refractivity contribution in [2.45, 2.75) is 20.8 Å². The summed E-state index contributed by atoms with van der Waals surface area (Å²) >= 11 is 0. The number of nitrogens with two attached hydrogens (primary N) is 1. The summed E-state index contributed by atoms with van der Waals surface area (Å²) in [5.74, 6) is -0.450. The molecule has 1 heterocycles. The Labute approximate surface area is 136 Å². The SMILES string of the molecule is CCOC(=O)C(C)CNc1cc(-c2cc(C)nn2C)ccc1N. The molecule has 0 aliphatic rings. The molecule has 0 saturated carbocycles. The van der Waals surface area contributed by atoms with Crippen molar-refractivity contribution < 1.29 is 9.53 Å². The highest BCUT2D eigenvalue weighted by Gasteiger charge is 2.14. The molecule has 1 unspecified atom stereocenters. The number of rotatable bonds is 6. The van der Waals surface area contributed by atoms with E-state index < -0.39 is 0 Å². The largest absolute Gasteiger partial charge is 0.466 e. The van der Waals surface area contributed by atoms with Gasteiger partial charge in [0.2, 0.25) is 0 Å². The van der Waals surface area contributed by atoms with Crippen molar-refractivity contribution in [3.63, 3.8) is 0 Å². The summed E-state index contributed by atoms with van der Waals surface area (Å²) < 4.78 is 6.85. The molecule has 1 atom stereocenters. The van der Waals surface area contributed by atoms with Crippen molar-refractivity contribution >= 4 is 17.3 Å². The Morgan fingerprint density at radius 3 is 2.78 bits per heavy atom. The van der Waals surface area contributed by atoms with Crippen molar-refractivity contribution in [2.24, 2.45) is 13.0 Å². The molecule has 6 nitrogen and oxygen atoms in total. The third-order valence-corrected chi connectivity index (χ3v) is 3.64. The number of carbonyl (C=O) groups excluding carboxylic acids is 1. The fraction of sp³-hybridized carbons (Fsp3) is 0.412. The first kappa shape index (κ1) is 16.9. The lowest BCUT2D eigenvalue weighted by Gasteiger charge is -2.15. The lowest BCUT2D eigenvalue weighted by molar-refractivity contribution is -0.146. The van der Waals surface area contributed by atoms with Crippen LogP contribution in [0.3, 0.4) is 0 Å². The second-order valence-electron chi connectivity index (χ2n) is 5.63. The number of carbonyl (C=O) groups is 1. The first-order valence-corrected chi connectivity index (χ1v) is 7.73. The molecule has 2 aromatic rings. The molecule has 0 bridgehead atoms. The maximum absolute atomic E-state index is 11.7. The Kier molecular flexibility index (Phi) is 5.26. The van der Waals surface area contributed by atoms with E-state index in [9.17, 15) is 4.79 Å². The minimum Gasteiger partial charge on any atom is -0.466 e. The predicted octanol–water partition coefficient (Wildman–Crippen LogP) is 2.59. The van der Waals surface area contributed by atoms with Gasteiger partial charge in [-0.1, -0.05) is 13.0 Å². The lowest BCUT2D eigenvalue weighted by Crippen LogP contribution is -2.22. The van der Waals surface area contributed by atoms with Crippen LogP contribution in [-0.4, -0.2) is 28.9 Å². The van der Waals surface area contributed by atoms with E-state index in [0.717, 1.165) is 22.6 Å². The minimum atomic E-state index is -0.239. The zero-order valence-corrected chi connectivity index (χ0v) is 14.1. The topological polar surface area (TPSA) is 82.2 Å². The molecule has 124 valence electrons. The normalized spacial score (nSPS) is 12.0. The number of benzene rings is 1. The van der Waals surface area contributed by atoms with E-state index in [4.69, 9.17) is 10.5 Å². The maximum Gasteiger partial charge on any atom is 0.310 e. The Morgan fingerprint density at radius 1 is 1.43 bits per heavy atom. The van der Waals surface area contributed by atoms with Crippen LogP contribution in [0.1, 0.15) is 19.5 Å². The monoisotopic (exact) mass is 316 g/mol. The molecule has 6 heteroatoms. The Morgan fingerprint density at radius 2 is 2.17 bits per heavy atom. The van der Waals surface area contributed by atoms with Crippen molar-refractivity contribution in [2.75, 3.05) is 24.2 Å². The van der Waals surface area contributed by atoms with Gasteiger partial charge in [-0.3, -0.25) is 9.48 Å². The van der Waals surface area contributed by atoms with Crippen LogP contribution >= 0.6 is 0 Å². The molecule has 0 amide bonds. The summed E-state index contributed by atoms with van der Waals surface area (Å²) in [5, 5.41) is 7.59. The zero-order chi connectivity index (χ0) is 17.0. The number of nitrogens with zero attached hydrogens (tertiary/aromatic N) is 2. The fourth-order valence-corrected chi connectivity index (χ4v) is 2.38. The molecule has 0 spiro atoms. The van der Waals surface area contributed by atoms with Crippen molar-refractivity contribution in [1.82, 2.24) is 9.78 Å². The summed E-state index contributed by atoms with van der Waals surface area (Å²) in [6.07, 6.45) is 0. The summed E-state index contributed by atoms with van der Waals surface area (Å²) in [5.41, 5.74) is 10.5. The van der Waals surface area contributed by atoms with E-state index in [-0.39, 0.29) is 11.9 Å². The van der Waals surface area contributed by atoms with Crippen LogP contribution in [0.25, 0.3) is 11.3 Å². The van der Waals surface area contributed by atoms with Gasteiger partial charge >= 0.3 is 5.97 Å². The number of esters is 1. The fourth-order valence-electron chi connectivity index (χ4n) is 2.38. The molecule has 1 aromatic carbocycles. The maximum atomic E-state index is 11.7. The van der Waals surface area contributed by atoms with Crippen LogP contribution in [0, 0.1) is 12.8 Å². The first-order chi connectivity index (χ1) is 10.9. The van der Waals surface area contributed by atoms with Gasteiger partial charge in [0.05, 0.1) is 35.3 Å². The molecule has 2 rings (SSSR count). The van der Waals surface area contributed by atoms with Crippen molar-refractivity contribution in [1.29, 1.82) is 0 Å². The third-order valence-electron chi connectivity index (χ3n) is 3.64. The number of aryl methyl sites for hydroxylation is 2.